The Balaban J connectivity index is 2.06. The third-order valence-corrected chi connectivity index (χ3v) is 5.37. The molecule has 0 radical (unpaired) electrons. The van der Waals surface area contributed by atoms with E-state index in [9.17, 15) is 22.6 Å². The normalized spacial score (nSPS) is 16.2. The Morgan fingerprint density at radius 2 is 1.83 bits per heavy atom. The summed E-state index contributed by atoms with van der Waals surface area (Å²) in [6.45, 7) is 0. The van der Waals surface area contributed by atoms with Gasteiger partial charge in [-0.1, -0.05) is 17.7 Å². The van der Waals surface area contributed by atoms with E-state index in [1.54, 1.807) is 24.3 Å². The average Bonchev–Trinajstić information content (AvgIpc) is 2.65. The van der Waals surface area contributed by atoms with E-state index in [2.05, 4.69) is 5.32 Å². The molecule has 2 N–H and O–H groups in total. The number of amides is 2. The highest BCUT2D eigenvalue weighted by Crippen LogP contribution is 2.27. The fraction of sp³-hybridized carbons (Fsp3) is 0.0556. The van der Waals surface area contributed by atoms with Crippen LogP contribution < -0.4 is 15.0 Å². The minimum atomic E-state index is -4.59. The highest BCUT2D eigenvalue weighted by Gasteiger charge is 2.34. The molecule has 2 aromatic rings. The van der Waals surface area contributed by atoms with Gasteiger partial charge < -0.3 is 4.74 Å². The van der Waals surface area contributed by atoms with Gasteiger partial charge in [0.15, 0.2) is 5.11 Å². The van der Waals surface area contributed by atoms with Crippen LogP contribution in [0.1, 0.15) is 5.56 Å². The Bertz CT molecular complexity index is 1160. The number of nitrogens with one attached hydrogen (secondary N) is 1. The molecule has 0 aliphatic carbocycles. The molecule has 1 aliphatic rings. The number of carbonyl (C=O) groups excluding carboxylic acids is 2. The summed E-state index contributed by atoms with van der Waals surface area (Å²) < 4.78 is 37.4. The maximum atomic E-state index is 12.9. The average molecular weight is 453 g/mol. The molecule has 0 aromatic heterocycles. The molecule has 150 valence electrons. The van der Waals surface area contributed by atoms with Crippen LogP contribution in [0.2, 0.25) is 5.02 Å². The number of anilines is 1. The van der Waals surface area contributed by atoms with Gasteiger partial charge >= 0.3 is 0 Å². The first-order chi connectivity index (χ1) is 13.6. The summed E-state index contributed by atoms with van der Waals surface area (Å²) in [5.74, 6) is -1.53. The minimum absolute atomic E-state index is 0.0851. The highest BCUT2D eigenvalue weighted by molar-refractivity contribution is 7.86. The first-order valence-electron chi connectivity index (χ1n) is 7.94. The molecule has 2 aromatic carbocycles. The summed E-state index contributed by atoms with van der Waals surface area (Å²) in [6, 6.07) is 10.1. The summed E-state index contributed by atoms with van der Waals surface area (Å²) >= 11 is 11.0. The number of hydrogen-bond donors (Lipinski definition) is 2. The molecular formula is C18H13ClN2O6S2. The first kappa shape index (κ1) is 20.9. The van der Waals surface area contributed by atoms with Gasteiger partial charge in [-0.15, -0.1) is 0 Å². The number of carbonyl (C=O) groups is 2. The molecule has 1 aliphatic heterocycles. The maximum Gasteiger partial charge on any atom is 0.298 e. The van der Waals surface area contributed by atoms with Crippen LogP contribution >= 0.6 is 23.8 Å². The van der Waals surface area contributed by atoms with Gasteiger partial charge in [0, 0.05) is 5.02 Å². The van der Waals surface area contributed by atoms with Crippen LogP contribution in [0.5, 0.6) is 5.75 Å². The van der Waals surface area contributed by atoms with Gasteiger partial charge in [-0.25, -0.2) is 0 Å². The minimum Gasteiger partial charge on any atom is -0.495 e. The predicted molar refractivity (Wildman–Crippen MR) is 110 cm³/mol. The quantitative estimate of drug-likeness (QED) is 0.317. The summed E-state index contributed by atoms with van der Waals surface area (Å²) in [7, 11) is -3.34. The summed E-state index contributed by atoms with van der Waals surface area (Å²) in [6.07, 6.45) is 1.19. The second-order valence-electron chi connectivity index (χ2n) is 5.82. The van der Waals surface area contributed by atoms with Crippen molar-refractivity contribution in [1.29, 1.82) is 0 Å². The lowest BCUT2D eigenvalue weighted by molar-refractivity contribution is -0.122. The zero-order valence-corrected chi connectivity index (χ0v) is 17.1. The van der Waals surface area contributed by atoms with Crippen molar-refractivity contribution in [3.63, 3.8) is 0 Å². The van der Waals surface area contributed by atoms with Crippen LogP contribution in [0.3, 0.4) is 0 Å². The number of ether oxygens (including phenoxy) is 1. The fourth-order valence-electron chi connectivity index (χ4n) is 2.63. The lowest BCUT2D eigenvalue weighted by atomic mass is 10.1. The Kier molecular flexibility index (Phi) is 5.71. The van der Waals surface area contributed by atoms with Crippen molar-refractivity contribution < 1.29 is 27.3 Å². The molecule has 0 bridgehead atoms. The summed E-state index contributed by atoms with van der Waals surface area (Å²) in [4.78, 5) is 25.9. The zero-order valence-electron chi connectivity index (χ0n) is 14.7. The molecule has 0 atom stereocenters. The number of hydrogen-bond acceptors (Lipinski definition) is 6. The van der Waals surface area contributed by atoms with Crippen LogP contribution in [-0.2, 0) is 19.7 Å². The number of nitrogens with zero attached hydrogens (tertiary/aromatic N) is 1. The van der Waals surface area contributed by atoms with Gasteiger partial charge in [0.2, 0.25) is 0 Å². The van der Waals surface area contributed by atoms with Crippen LogP contribution in [0.15, 0.2) is 52.9 Å². The molecule has 2 amide bonds. The van der Waals surface area contributed by atoms with E-state index in [-0.39, 0.29) is 22.0 Å². The van der Waals surface area contributed by atoms with E-state index in [1.165, 1.54) is 25.3 Å². The van der Waals surface area contributed by atoms with Crippen molar-refractivity contribution in [3.8, 4) is 5.75 Å². The standard InChI is InChI=1S/C18H13ClN2O6S2/c1-27-14-7-2-10(9-15(14)29(24,25)26)8-13-16(22)20-18(28)21(17(13)23)12-5-3-11(19)4-6-12/h2-9H,1H3,(H,20,22,28)(H,24,25,26)/b13-8+. The van der Waals surface area contributed by atoms with Crippen molar-refractivity contribution in [1.82, 2.24) is 5.32 Å². The lowest BCUT2D eigenvalue weighted by Crippen LogP contribution is -2.54. The second-order valence-corrected chi connectivity index (χ2v) is 8.03. The molecule has 1 fully saturated rings. The predicted octanol–water partition coefficient (Wildman–Crippen LogP) is 2.43. The van der Waals surface area contributed by atoms with Crippen molar-refractivity contribution in [3.05, 3.63) is 58.6 Å². The molecule has 0 unspecified atom stereocenters. The van der Waals surface area contributed by atoms with Crippen LogP contribution in [0.4, 0.5) is 5.69 Å². The van der Waals surface area contributed by atoms with E-state index in [1.807, 2.05) is 0 Å². The van der Waals surface area contributed by atoms with E-state index >= 15 is 0 Å². The summed E-state index contributed by atoms with van der Waals surface area (Å²) in [5.41, 5.74) is 0.296. The molecule has 1 saturated heterocycles. The monoisotopic (exact) mass is 452 g/mol. The summed E-state index contributed by atoms with van der Waals surface area (Å²) in [5, 5.41) is 2.77. The van der Waals surface area contributed by atoms with Crippen LogP contribution in [0.25, 0.3) is 6.08 Å². The van der Waals surface area contributed by atoms with Gasteiger partial charge in [-0.3, -0.25) is 24.4 Å². The molecule has 11 heteroatoms. The maximum absolute atomic E-state index is 12.9. The largest absolute Gasteiger partial charge is 0.495 e. The number of halogens is 1. The fourth-order valence-corrected chi connectivity index (χ4v) is 3.73. The zero-order chi connectivity index (χ0) is 21.3. The van der Waals surface area contributed by atoms with E-state index < -0.39 is 26.8 Å². The first-order valence-corrected chi connectivity index (χ1v) is 10.2. The number of methoxy groups -OCH3 is 1. The second kappa shape index (κ2) is 7.91. The lowest BCUT2D eigenvalue weighted by Gasteiger charge is -2.29. The van der Waals surface area contributed by atoms with Crippen molar-refractivity contribution >= 4 is 62.6 Å². The van der Waals surface area contributed by atoms with Gasteiger partial charge in [-0.05, 0) is 60.3 Å². The molecule has 1 heterocycles. The Hall–Kier alpha value is -2.79. The van der Waals surface area contributed by atoms with Crippen molar-refractivity contribution in [2.24, 2.45) is 0 Å². The number of benzene rings is 2. The molecular weight excluding hydrogens is 440 g/mol. The van der Waals surface area contributed by atoms with Crippen molar-refractivity contribution in [2.45, 2.75) is 4.90 Å². The number of thiocarbonyl (C=S) groups is 1. The van der Waals surface area contributed by atoms with Gasteiger partial charge in [0.25, 0.3) is 21.9 Å². The molecule has 0 saturated carbocycles. The molecule has 8 nitrogen and oxygen atoms in total. The van der Waals surface area contributed by atoms with Crippen LogP contribution in [0, 0.1) is 0 Å². The van der Waals surface area contributed by atoms with Gasteiger partial charge in [-0.2, -0.15) is 8.42 Å². The van der Waals surface area contributed by atoms with E-state index in [0.717, 1.165) is 11.0 Å². The number of rotatable bonds is 4. The Morgan fingerprint density at radius 3 is 2.41 bits per heavy atom. The smallest absolute Gasteiger partial charge is 0.298 e. The van der Waals surface area contributed by atoms with Crippen molar-refractivity contribution in [2.75, 3.05) is 12.0 Å². The van der Waals surface area contributed by atoms with Crippen LogP contribution in [-0.4, -0.2) is 37.0 Å². The van der Waals surface area contributed by atoms with Gasteiger partial charge in [0.1, 0.15) is 16.2 Å². The molecule has 3 rings (SSSR count). The SMILES string of the molecule is COc1ccc(/C=C2\C(=O)NC(=S)N(c3ccc(Cl)cc3)C2=O)cc1S(=O)(=O)O. The topological polar surface area (TPSA) is 113 Å². The Labute approximate surface area is 176 Å². The highest BCUT2D eigenvalue weighted by atomic mass is 35.5. The third kappa shape index (κ3) is 4.30. The van der Waals surface area contributed by atoms with E-state index in [4.69, 9.17) is 28.6 Å². The third-order valence-electron chi connectivity index (χ3n) is 3.96. The molecule has 29 heavy (non-hydrogen) atoms. The van der Waals surface area contributed by atoms with E-state index in [0.29, 0.717) is 10.7 Å². The van der Waals surface area contributed by atoms with Gasteiger partial charge in [0.05, 0.1) is 12.8 Å². The Morgan fingerprint density at radius 1 is 1.17 bits per heavy atom. The molecule has 0 spiro atoms.